The van der Waals surface area contributed by atoms with Crippen molar-refractivity contribution < 1.29 is 9.90 Å². The van der Waals surface area contributed by atoms with Crippen molar-refractivity contribution in [1.82, 2.24) is 4.98 Å². The van der Waals surface area contributed by atoms with E-state index in [0.29, 0.717) is 17.2 Å². The summed E-state index contributed by atoms with van der Waals surface area (Å²) in [4.78, 5) is 19.2. The fourth-order valence-corrected chi connectivity index (χ4v) is 6.93. The highest BCUT2D eigenvalue weighted by atomic mass is 32.2. The van der Waals surface area contributed by atoms with Crippen molar-refractivity contribution in [1.29, 1.82) is 5.26 Å². The summed E-state index contributed by atoms with van der Waals surface area (Å²) in [6.07, 6.45) is 15.6. The summed E-state index contributed by atoms with van der Waals surface area (Å²) in [5.41, 5.74) is 6.73. The minimum Gasteiger partial charge on any atom is -0.478 e. The predicted molar refractivity (Wildman–Crippen MR) is 159 cm³/mol. The number of benzene rings is 2. The van der Waals surface area contributed by atoms with Gasteiger partial charge in [0.2, 0.25) is 0 Å². The molecule has 2 heterocycles. The van der Waals surface area contributed by atoms with Crippen molar-refractivity contribution in [3.63, 3.8) is 0 Å². The molecule has 198 valence electrons. The summed E-state index contributed by atoms with van der Waals surface area (Å²) in [5.74, 6) is -1.07. The van der Waals surface area contributed by atoms with Crippen LogP contribution in [0.4, 0.5) is 5.69 Å². The van der Waals surface area contributed by atoms with E-state index in [1.54, 1.807) is 0 Å². The van der Waals surface area contributed by atoms with E-state index in [4.69, 9.17) is 5.11 Å². The van der Waals surface area contributed by atoms with Gasteiger partial charge in [-0.1, -0.05) is 42.0 Å². The molecule has 0 saturated carbocycles. The summed E-state index contributed by atoms with van der Waals surface area (Å²) in [6, 6.07) is 19.4. The van der Waals surface area contributed by atoms with Crippen LogP contribution >= 0.6 is 11.8 Å². The molecule has 0 amide bonds. The molecule has 0 fully saturated rings. The number of unbranched alkanes of at least 4 members (excludes halogenated alkanes) is 1. The van der Waals surface area contributed by atoms with E-state index in [9.17, 15) is 10.1 Å². The number of allylic oxidation sites excluding steroid dienone is 3. The second-order valence-corrected chi connectivity index (χ2v) is 11.5. The first-order valence-corrected chi connectivity index (χ1v) is 14.5. The van der Waals surface area contributed by atoms with E-state index >= 15 is 0 Å². The monoisotopic (exact) mass is 535 g/mol. The molecule has 1 aliphatic carbocycles. The van der Waals surface area contributed by atoms with Gasteiger partial charge in [-0.15, -0.1) is 11.8 Å². The topological polar surface area (TPSA) is 77.2 Å². The Morgan fingerprint density at radius 2 is 2.00 bits per heavy atom. The number of nitriles is 1. The van der Waals surface area contributed by atoms with Gasteiger partial charge in [-0.05, 0) is 86.9 Å². The lowest BCUT2D eigenvalue weighted by atomic mass is 9.94. The first kappa shape index (κ1) is 26.8. The SMILES string of the molecule is Cc1cc2ncccc2cc1CCCCC1=CC2Sc3ccccc3N(CCC/C(C#N)=C/C(=O)O)C2C=C1. The molecule has 6 heteroatoms. The highest BCUT2D eigenvalue weighted by molar-refractivity contribution is 8.00. The molecule has 0 spiro atoms. The molecule has 2 aromatic carbocycles. The Balaban J connectivity index is 1.21. The number of rotatable bonds is 10. The van der Waals surface area contributed by atoms with Crippen molar-refractivity contribution in [2.24, 2.45) is 0 Å². The van der Waals surface area contributed by atoms with Crippen LogP contribution in [0.25, 0.3) is 10.9 Å². The molecule has 1 aliphatic heterocycles. The Kier molecular flexibility index (Phi) is 8.48. The van der Waals surface area contributed by atoms with Crippen molar-refractivity contribution in [2.75, 3.05) is 11.4 Å². The minimum atomic E-state index is -1.07. The molecule has 0 radical (unpaired) electrons. The van der Waals surface area contributed by atoms with Crippen LogP contribution in [0.3, 0.4) is 0 Å². The number of aliphatic carboxylic acids is 1. The molecule has 5 rings (SSSR count). The van der Waals surface area contributed by atoms with E-state index in [1.807, 2.05) is 30.1 Å². The average molecular weight is 536 g/mol. The number of anilines is 1. The molecular formula is C33H33N3O2S. The quantitative estimate of drug-likeness (QED) is 0.165. The lowest BCUT2D eigenvalue weighted by molar-refractivity contribution is -0.131. The summed E-state index contributed by atoms with van der Waals surface area (Å²) in [5, 5.41) is 19.8. The number of nitrogens with zero attached hydrogens (tertiary/aromatic N) is 3. The number of carboxylic acids is 1. The average Bonchev–Trinajstić information content (AvgIpc) is 2.94. The summed E-state index contributed by atoms with van der Waals surface area (Å²) < 4.78 is 0. The summed E-state index contributed by atoms with van der Waals surface area (Å²) in [7, 11) is 0. The van der Waals surface area contributed by atoms with Crippen molar-refractivity contribution >= 4 is 34.3 Å². The number of thioether (sulfide) groups is 1. The fourth-order valence-electron chi connectivity index (χ4n) is 5.55. The van der Waals surface area contributed by atoms with Gasteiger partial charge in [-0.3, -0.25) is 4.98 Å². The third kappa shape index (κ3) is 6.43. The van der Waals surface area contributed by atoms with Gasteiger partial charge in [0.1, 0.15) is 0 Å². The predicted octanol–water partition coefficient (Wildman–Crippen LogP) is 7.42. The van der Waals surface area contributed by atoms with Gasteiger partial charge < -0.3 is 10.0 Å². The highest BCUT2D eigenvalue weighted by Gasteiger charge is 2.33. The van der Waals surface area contributed by atoms with E-state index in [-0.39, 0.29) is 6.04 Å². The van der Waals surface area contributed by atoms with Gasteiger partial charge in [0.05, 0.1) is 28.6 Å². The number of carbonyl (C=O) groups is 1. The normalized spacial score (nSPS) is 18.3. The van der Waals surface area contributed by atoms with Crippen LogP contribution in [-0.2, 0) is 11.2 Å². The Morgan fingerprint density at radius 3 is 2.85 bits per heavy atom. The van der Waals surface area contributed by atoms with Crippen LogP contribution in [0.15, 0.2) is 95.1 Å². The molecule has 39 heavy (non-hydrogen) atoms. The molecule has 1 aromatic heterocycles. The van der Waals surface area contributed by atoms with Crippen molar-refractivity contribution in [3.05, 3.63) is 101 Å². The summed E-state index contributed by atoms with van der Waals surface area (Å²) >= 11 is 1.92. The van der Waals surface area contributed by atoms with Gasteiger partial charge in [0.15, 0.2) is 0 Å². The molecule has 5 nitrogen and oxygen atoms in total. The van der Waals surface area contributed by atoms with Crippen LogP contribution < -0.4 is 4.90 Å². The number of pyridine rings is 1. The number of hydrogen-bond donors (Lipinski definition) is 1. The van der Waals surface area contributed by atoms with E-state index < -0.39 is 5.97 Å². The van der Waals surface area contributed by atoms with Gasteiger partial charge in [-0.2, -0.15) is 5.26 Å². The zero-order valence-electron chi connectivity index (χ0n) is 22.2. The van der Waals surface area contributed by atoms with Gasteiger partial charge in [0, 0.05) is 34.7 Å². The van der Waals surface area contributed by atoms with Crippen LogP contribution in [-0.4, -0.2) is 33.9 Å². The van der Waals surface area contributed by atoms with Gasteiger partial charge in [0.25, 0.3) is 0 Å². The number of aryl methyl sites for hydroxylation is 2. The van der Waals surface area contributed by atoms with Crippen LogP contribution in [0.2, 0.25) is 0 Å². The molecule has 0 bridgehead atoms. The lowest BCUT2D eigenvalue weighted by Gasteiger charge is -2.42. The van der Waals surface area contributed by atoms with Crippen LogP contribution in [0.5, 0.6) is 0 Å². The molecule has 2 unspecified atom stereocenters. The van der Waals surface area contributed by atoms with Crippen molar-refractivity contribution in [3.8, 4) is 6.07 Å². The maximum atomic E-state index is 11.0. The standard InChI is InChI=1S/C33H33N3O2S/c1-23-18-28-27(11-6-16-35-28)21-26(23)10-3-2-8-24-14-15-30-32(19-24)39-31-13-5-4-12-29(31)36(30)17-7-9-25(22-34)20-33(37)38/h4-6,11-16,18-21,30,32H,2-3,7-10,17H2,1H3,(H,37,38)/b25-20-. The Hall–Kier alpha value is -3.82. The number of hydrogen-bond acceptors (Lipinski definition) is 5. The minimum absolute atomic E-state index is 0.247. The Bertz CT molecular complexity index is 1500. The third-order valence-electron chi connectivity index (χ3n) is 7.53. The maximum Gasteiger partial charge on any atom is 0.329 e. The maximum absolute atomic E-state index is 11.0. The van der Waals surface area contributed by atoms with Gasteiger partial charge in [-0.25, -0.2) is 4.79 Å². The Morgan fingerprint density at radius 1 is 1.15 bits per heavy atom. The summed E-state index contributed by atoms with van der Waals surface area (Å²) in [6.45, 7) is 2.95. The first-order chi connectivity index (χ1) is 19.0. The van der Waals surface area contributed by atoms with Crippen LogP contribution in [0, 0.1) is 18.3 Å². The smallest absolute Gasteiger partial charge is 0.329 e. The molecular weight excluding hydrogens is 502 g/mol. The third-order valence-corrected chi connectivity index (χ3v) is 8.82. The molecule has 2 aliphatic rings. The van der Waals surface area contributed by atoms with E-state index in [2.05, 4.69) is 77.5 Å². The van der Waals surface area contributed by atoms with E-state index in [0.717, 1.165) is 50.2 Å². The zero-order valence-corrected chi connectivity index (χ0v) is 23.0. The number of para-hydroxylation sites is 1. The number of fused-ring (bicyclic) bond motifs is 3. The molecule has 2 atom stereocenters. The van der Waals surface area contributed by atoms with E-state index in [1.165, 1.54) is 32.7 Å². The second kappa shape index (κ2) is 12.4. The highest BCUT2D eigenvalue weighted by Crippen LogP contribution is 2.44. The molecule has 1 N–H and O–H groups in total. The lowest BCUT2D eigenvalue weighted by Crippen LogP contribution is -2.45. The van der Waals surface area contributed by atoms with Gasteiger partial charge >= 0.3 is 5.97 Å². The van der Waals surface area contributed by atoms with Crippen molar-refractivity contribution in [2.45, 2.75) is 61.6 Å². The second-order valence-electron chi connectivity index (χ2n) is 10.2. The largest absolute Gasteiger partial charge is 0.478 e. The van der Waals surface area contributed by atoms with Crippen LogP contribution in [0.1, 0.15) is 43.2 Å². The zero-order chi connectivity index (χ0) is 27.2. The Labute approximate surface area is 234 Å². The number of aromatic nitrogens is 1. The fraction of sp³-hybridized carbons (Fsp3) is 0.303. The molecule has 3 aromatic rings. The molecule has 0 saturated heterocycles. The number of carboxylic acid groups (broad SMARTS) is 1. The first-order valence-electron chi connectivity index (χ1n) is 13.6.